The summed E-state index contributed by atoms with van der Waals surface area (Å²) in [5.74, 6) is 0.0445. The van der Waals surface area contributed by atoms with Gasteiger partial charge in [0.1, 0.15) is 66.0 Å². The summed E-state index contributed by atoms with van der Waals surface area (Å²) < 4.78 is 126. The second-order valence-corrected chi connectivity index (χ2v) is 41.3. The van der Waals surface area contributed by atoms with Gasteiger partial charge in [0.2, 0.25) is 5.43 Å². The second-order valence-electron chi connectivity index (χ2n) is 35.9. The van der Waals surface area contributed by atoms with Gasteiger partial charge in [0, 0.05) is 160 Å². The number of benzene rings is 14. The molecule has 0 amide bonds. The molecule has 6 N–H and O–H groups in total. The van der Waals surface area contributed by atoms with Gasteiger partial charge in [-0.3, -0.25) is 28.0 Å². The Morgan fingerprint density at radius 3 is 0.828 bits per heavy atom. The van der Waals surface area contributed by atoms with Crippen LogP contribution in [0.15, 0.2) is 291 Å². The summed E-state index contributed by atoms with van der Waals surface area (Å²) in [5, 5.41) is 32.1. The van der Waals surface area contributed by atoms with E-state index in [0.717, 1.165) is 96.5 Å². The number of hydrogen-bond donors (Lipinski definition) is 6. The Bertz CT molecular complexity index is 8330. The van der Waals surface area contributed by atoms with Crippen molar-refractivity contribution in [3.05, 3.63) is 367 Å². The summed E-state index contributed by atoms with van der Waals surface area (Å²) in [6, 6.07) is 72.5. The fourth-order valence-corrected chi connectivity index (χ4v) is 19.9. The number of hydrogen-bond acceptors (Lipinski definition) is 18. The van der Waals surface area contributed by atoms with Crippen LogP contribution in [0.5, 0.6) is 17.2 Å². The van der Waals surface area contributed by atoms with Crippen molar-refractivity contribution in [3.63, 3.8) is 0 Å². The average Bonchev–Trinajstić information content (AvgIpc) is 0.743. The molecule has 11 aromatic carbocycles. The van der Waals surface area contributed by atoms with Crippen LogP contribution in [0.3, 0.4) is 0 Å². The molecule has 3 heterocycles. The number of aromatic hydroxyl groups is 3. The van der Waals surface area contributed by atoms with Crippen molar-refractivity contribution >= 4 is 176 Å². The Morgan fingerprint density at radius 1 is 0.283 bits per heavy atom. The van der Waals surface area contributed by atoms with E-state index >= 15 is 0 Å². The number of halogens is 3. The lowest BCUT2D eigenvalue weighted by molar-refractivity contribution is 0.470. The molecule has 145 heavy (non-hydrogen) atoms. The van der Waals surface area contributed by atoms with E-state index in [-0.39, 0.29) is 109 Å². The molecular weight excluding hydrogens is 1950 g/mol. The molecule has 0 aromatic heterocycles. The van der Waals surface area contributed by atoms with Crippen LogP contribution < -0.4 is 31.0 Å². The van der Waals surface area contributed by atoms with E-state index in [1.54, 1.807) is 93.6 Å². The van der Waals surface area contributed by atoms with Crippen LogP contribution in [0, 0.1) is 20.8 Å². The highest BCUT2D eigenvalue weighted by molar-refractivity contribution is 7.86. The van der Waals surface area contributed by atoms with Crippen LogP contribution in [0.1, 0.15) is 151 Å². The van der Waals surface area contributed by atoms with Crippen molar-refractivity contribution in [2.45, 2.75) is 115 Å². The molecule has 21 nitrogen and oxygen atoms in total. The summed E-state index contributed by atoms with van der Waals surface area (Å²) in [5.41, 5.74) is 16.2. The Labute approximate surface area is 857 Å². The molecule has 6 aliphatic rings. The maximum Gasteiger partial charge on any atom is 0.295 e. The Balaban J connectivity index is 0.000000164. The Hall–Kier alpha value is -14.4. The molecule has 11 aromatic rings. The summed E-state index contributed by atoms with van der Waals surface area (Å²) in [4.78, 5) is 43.3. The monoisotopic (exact) mass is 2060 g/mol. The van der Waals surface area contributed by atoms with E-state index in [9.17, 15) is 68.6 Å². The highest BCUT2D eigenvalue weighted by Crippen LogP contribution is 2.50. The summed E-state index contributed by atoms with van der Waals surface area (Å²) in [7, 11) is -10.1. The smallest absolute Gasteiger partial charge is 0.295 e. The Kier molecular flexibility index (Phi) is 33.0. The van der Waals surface area contributed by atoms with Crippen LogP contribution in [0.4, 0.5) is 17.1 Å². The van der Waals surface area contributed by atoms with Gasteiger partial charge < -0.3 is 43.3 Å². The third-order valence-corrected chi connectivity index (χ3v) is 28.8. The normalized spacial score (nSPS) is 12.1. The van der Waals surface area contributed by atoms with Gasteiger partial charge >= 0.3 is 0 Å². The van der Waals surface area contributed by atoms with E-state index in [1.807, 2.05) is 105 Å². The van der Waals surface area contributed by atoms with Gasteiger partial charge in [0.05, 0.1) is 15.1 Å². The molecule has 3 aliphatic carbocycles. The Morgan fingerprint density at radius 2 is 0.538 bits per heavy atom. The lowest BCUT2D eigenvalue weighted by atomic mass is 9.92. The van der Waals surface area contributed by atoms with E-state index < -0.39 is 35.8 Å². The molecule has 0 atom stereocenters. The molecular formula is C118H108Cl3N3O18S3. The number of rotatable bonds is 31. The molecule has 0 saturated carbocycles. The first kappa shape index (κ1) is 105. The zero-order valence-electron chi connectivity index (χ0n) is 81.2. The molecule has 0 radical (unpaired) electrons. The van der Waals surface area contributed by atoms with Crippen molar-refractivity contribution in [3.8, 4) is 84.6 Å². The summed E-state index contributed by atoms with van der Waals surface area (Å²) in [6.07, 6.45) is 28.5. The summed E-state index contributed by atoms with van der Waals surface area (Å²) >= 11 is 18.7. The van der Waals surface area contributed by atoms with Crippen molar-refractivity contribution in [2.24, 2.45) is 0 Å². The fraction of sp³-hybridized carbons (Fsp3) is 0.178. The number of aryl methyl sites for hydroxylation is 3. The number of anilines is 3. The van der Waals surface area contributed by atoms with Crippen molar-refractivity contribution in [2.75, 3.05) is 55.0 Å². The zero-order chi connectivity index (χ0) is 103. The third kappa shape index (κ3) is 25.2. The number of phenolic OH excluding ortho intramolecular Hbond substituents is 3. The van der Waals surface area contributed by atoms with Gasteiger partial charge in [-0.25, -0.2) is 0 Å². The zero-order valence-corrected chi connectivity index (χ0v) is 85.9. The molecule has 0 bridgehead atoms. The number of fused-ring (bicyclic) bond motifs is 6. The number of unbranched alkanes of at least 4 members (excludes halogenated alkanes) is 4. The quantitative estimate of drug-likeness (QED) is 0.0134. The molecule has 0 saturated heterocycles. The van der Waals surface area contributed by atoms with Gasteiger partial charge in [-0.05, 0) is 210 Å². The van der Waals surface area contributed by atoms with E-state index in [0.29, 0.717) is 82.9 Å². The highest BCUT2D eigenvalue weighted by Gasteiger charge is 2.31. The van der Waals surface area contributed by atoms with E-state index in [2.05, 4.69) is 115 Å². The van der Waals surface area contributed by atoms with Crippen molar-refractivity contribution < 1.29 is 67.5 Å². The minimum Gasteiger partial charge on any atom is -0.508 e. The topological polar surface area (TPSA) is 324 Å². The first-order valence-corrected chi connectivity index (χ1v) is 52.9. The van der Waals surface area contributed by atoms with Crippen molar-refractivity contribution in [1.29, 1.82) is 0 Å². The predicted molar refractivity (Wildman–Crippen MR) is 593 cm³/mol. The van der Waals surface area contributed by atoms with Crippen LogP contribution >= 0.6 is 34.8 Å². The molecule has 27 heteroatoms. The second kappa shape index (κ2) is 45.7. The van der Waals surface area contributed by atoms with Crippen LogP contribution in [-0.4, -0.2) is 94.5 Å². The predicted octanol–water partition coefficient (Wildman–Crippen LogP) is 29.2. The first-order valence-electron chi connectivity index (χ1n) is 47.4. The molecule has 0 spiro atoms. The largest absolute Gasteiger partial charge is 0.508 e. The van der Waals surface area contributed by atoms with Gasteiger partial charge in [0.25, 0.3) is 30.4 Å². The van der Waals surface area contributed by atoms with E-state index in [4.69, 9.17) is 48.1 Å². The molecule has 17 rings (SSSR count). The van der Waals surface area contributed by atoms with Crippen LogP contribution in [0.25, 0.3) is 161 Å². The minimum atomic E-state index is -4.73. The standard InChI is InChI=1S/C44H42ClNO6S.C38H30ClNO6S.C36H36ClNO6S/c1-4-6-22-46(23-7-5-2)34-19-16-32(17-20-34)13-12-30-8-10-31(11-9-30)14-15-33-18-21-35(43(25-33)53(49,50)51)44-36-24-29(3)39(47)27-41(36)52-42-28-40(48)38(45)26-37(42)44;1-23-18-30-35(21-33(23)41)46-36-22-34(42)32(39)20-31(36)38(30)29-17-14-27(19-37(29)47(43,44)45)11-10-25-6-4-24(5-7-25)8-9-26-12-15-28(16-13-26)40(2)3;1-4-6-16-38(17-7-5-2)26-13-10-24(11-14-26)8-9-25-12-15-27(35(19-25)45(41,42)43)36-28-18-23(3)31(39)21-33(28)44-34-22-32(40)30(37)20-29(34)36/h8-21,24-28,48H,4-7,22-23H2,1-3H3,(H,49,50,51);4-22,42H,1-3H3,(H,43,44,45);8-15,18-22,39H,4-7,16-17H2,1-3H3,(H,41,42,43)/b13-12+,15-14+;9-8+,11-10+;9-8+. The van der Waals surface area contributed by atoms with Gasteiger partial charge in [0.15, 0.2) is 10.9 Å². The van der Waals surface area contributed by atoms with E-state index in [1.165, 1.54) is 110 Å². The maximum absolute atomic E-state index is 12.9. The first-order chi connectivity index (χ1) is 69.3. The average molecular weight is 2060 g/mol. The van der Waals surface area contributed by atoms with Crippen LogP contribution in [-0.2, 0) is 30.4 Å². The van der Waals surface area contributed by atoms with Crippen molar-refractivity contribution in [1.82, 2.24) is 0 Å². The SMILES string of the molecule is CCCCN(CCCC)c1ccc(/C=C/c2ccc(-c3c4cc(Cl)c(=O)cc-4oc4cc(O)c(C)cc34)c(S(=O)(=O)O)c2)cc1.CCCCN(CCCC)c1ccc(/C=C/c2ccc(/C=C/c3ccc(-c4c5cc(C)c(=O)cc-5oc5cc(O)c(Cl)cc45)c(S(=O)(=O)O)c3)cc2)cc1.Cc1cc2c(-c3ccc(/C=C/c4ccc(/C=C/c5ccc(N(C)C)cc5)cc4)cc3S(=O)(=O)O)c3cc(Cl)c(O)cc3oc-2cc1=O. The maximum atomic E-state index is 12.9. The summed E-state index contributed by atoms with van der Waals surface area (Å²) in [6.45, 7) is 18.0. The molecule has 3 aliphatic heterocycles. The fourth-order valence-electron chi connectivity index (χ4n) is 17.2. The molecule has 0 unspecified atom stereocenters. The third-order valence-electron chi connectivity index (χ3n) is 25.2. The number of phenols is 3. The molecule has 742 valence electrons. The minimum absolute atomic E-state index is 0.0222. The van der Waals surface area contributed by atoms with Gasteiger partial charge in [-0.2, -0.15) is 25.3 Å². The number of nitrogens with zero attached hydrogens (tertiary/aromatic N) is 3. The lowest BCUT2D eigenvalue weighted by Crippen LogP contribution is -2.25. The van der Waals surface area contributed by atoms with Crippen LogP contribution in [0.2, 0.25) is 15.1 Å². The highest BCUT2D eigenvalue weighted by atomic mass is 35.5. The van der Waals surface area contributed by atoms with Gasteiger partial charge in [-0.15, -0.1) is 0 Å². The molecule has 0 fully saturated rings. The lowest BCUT2D eigenvalue weighted by Gasteiger charge is -2.24. The van der Waals surface area contributed by atoms with Gasteiger partial charge in [-0.1, -0.05) is 270 Å².